The molecule has 2 N–H and O–H groups in total. The van der Waals surface area contributed by atoms with Crippen molar-refractivity contribution in [2.24, 2.45) is 0 Å². The standard InChI is InChI=1S/C15H20ClNO4/c1-11(5-4-8-15(19)20)17-14(18)9-10-21-13-7-3-2-6-12(13)16/h2-3,6-7,11H,4-5,8-10H2,1H3,(H,17,18)(H,19,20). The highest BCUT2D eigenvalue weighted by Crippen LogP contribution is 2.22. The first-order chi connectivity index (χ1) is 9.99. The maximum Gasteiger partial charge on any atom is 0.303 e. The Morgan fingerprint density at radius 3 is 2.71 bits per heavy atom. The maximum absolute atomic E-state index is 11.7. The summed E-state index contributed by atoms with van der Waals surface area (Å²) in [7, 11) is 0. The number of nitrogens with one attached hydrogen (secondary N) is 1. The van der Waals surface area contributed by atoms with Crippen LogP contribution in [0.1, 0.15) is 32.6 Å². The summed E-state index contributed by atoms with van der Waals surface area (Å²) in [6, 6.07) is 7.04. The summed E-state index contributed by atoms with van der Waals surface area (Å²) in [6.07, 6.45) is 1.54. The van der Waals surface area contributed by atoms with Crippen LogP contribution in [0.25, 0.3) is 0 Å². The third-order valence-electron chi connectivity index (χ3n) is 2.86. The second kappa shape index (κ2) is 9.23. The van der Waals surface area contributed by atoms with Crippen molar-refractivity contribution >= 4 is 23.5 Å². The van der Waals surface area contributed by atoms with Crippen LogP contribution in [0.3, 0.4) is 0 Å². The Morgan fingerprint density at radius 1 is 1.33 bits per heavy atom. The van der Waals surface area contributed by atoms with Crippen molar-refractivity contribution in [3.63, 3.8) is 0 Å². The minimum atomic E-state index is -0.818. The van der Waals surface area contributed by atoms with Gasteiger partial charge in [0.1, 0.15) is 5.75 Å². The Hall–Kier alpha value is -1.75. The monoisotopic (exact) mass is 313 g/mol. The molecule has 1 rings (SSSR count). The summed E-state index contributed by atoms with van der Waals surface area (Å²) < 4.78 is 5.43. The molecular weight excluding hydrogens is 294 g/mol. The first kappa shape index (κ1) is 17.3. The lowest BCUT2D eigenvalue weighted by Crippen LogP contribution is -2.33. The summed E-state index contributed by atoms with van der Waals surface area (Å²) in [5.41, 5.74) is 0. The molecule has 0 aliphatic heterocycles. The number of carboxylic acids is 1. The number of para-hydroxylation sites is 1. The van der Waals surface area contributed by atoms with E-state index in [-0.39, 0.29) is 31.4 Å². The van der Waals surface area contributed by atoms with E-state index in [9.17, 15) is 9.59 Å². The van der Waals surface area contributed by atoms with Crippen molar-refractivity contribution in [3.8, 4) is 5.75 Å². The van der Waals surface area contributed by atoms with Gasteiger partial charge in [-0.1, -0.05) is 23.7 Å². The molecule has 0 fully saturated rings. The molecule has 0 saturated carbocycles. The zero-order valence-electron chi connectivity index (χ0n) is 12.0. The van der Waals surface area contributed by atoms with Crippen molar-refractivity contribution in [2.45, 2.75) is 38.6 Å². The highest BCUT2D eigenvalue weighted by Gasteiger charge is 2.09. The van der Waals surface area contributed by atoms with Gasteiger partial charge in [0.25, 0.3) is 0 Å². The molecule has 1 amide bonds. The molecule has 0 aromatic heterocycles. The van der Waals surface area contributed by atoms with Gasteiger partial charge in [0, 0.05) is 12.5 Å². The quantitative estimate of drug-likeness (QED) is 0.735. The minimum Gasteiger partial charge on any atom is -0.491 e. The van der Waals surface area contributed by atoms with Crippen molar-refractivity contribution in [1.82, 2.24) is 5.32 Å². The molecule has 0 spiro atoms. The fourth-order valence-corrected chi connectivity index (χ4v) is 1.98. The number of carbonyl (C=O) groups excluding carboxylic acids is 1. The van der Waals surface area contributed by atoms with Crippen LogP contribution in [0.2, 0.25) is 5.02 Å². The van der Waals surface area contributed by atoms with Gasteiger partial charge in [-0.05, 0) is 31.9 Å². The number of ether oxygens (including phenoxy) is 1. The number of benzene rings is 1. The van der Waals surface area contributed by atoms with E-state index in [0.29, 0.717) is 23.6 Å². The van der Waals surface area contributed by atoms with E-state index in [1.54, 1.807) is 18.2 Å². The Labute approximate surface area is 129 Å². The Bertz CT molecular complexity index is 478. The average molecular weight is 314 g/mol. The Morgan fingerprint density at radius 2 is 2.05 bits per heavy atom. The predicted octanol–water partition coefficient (Wildman–Crippen LogP) is 2.87. The van der Waals surface area contributed by atoms with Crippen molar-refractivity contribution in [3.05, 3.63) is 29.3 Å². The molecule has 6 heteroatoms. The SMILES string of the molecule is CC(CCCC(=O)O)NC(=O)CCOc1ccccc1Cl. The lowest BCUT2D eigenvalue weighted by Gasteiger charge is -2.13. The van der Waals surface area contributed by atoms with Gasteiger partial charge in [0.2, 0.25) is 5.91 Å². The molecule has 0 radical (unpaired) electrons. The van der Waals surface area contributed by atoms with Crippen LogP contribution in [-0.2, 0) is 9.59 Å². The predicted molar refractivity (Wildman–Crippen MR) is 80.7 cm³/mol. The van der Waals surface area contributed by atoms with Gasteiger partial charge in [0.15, 0.2) is 0 Å². The number of hydrogen-bond acceptors (Lipinski definition) is 3. The molecule has 1 aromatic rings. The third kappa shape index (κ3) is 7.56. The fraction of sp³-hybridized carbons (Fsp3) is 0.467. The first-order valence-corrected chi connectivity index (χ1v) is 7.25. The summed E-state index contributed by atoms with van der Waals surface area (Å²) in [5.74, 6) is -0.381. The average Bonchev–Trinajstić information content (AvgIpc) is 2.40. The molecular formula is C15H20ClNO4. The van der Waals surface area contributed by atoms with Gasteiger partial charge in [-0.2, -0.15) is 0 Å². The van der Waals surface area contributed by atoms with Crippen LogP contribution >= 0.6 is 11.6 Å². The van der Waals surface area contributed by atoms with E-state index in [2.05, 4.69) is 5.32 Å². The lowest BCUT2D eigenvalue weighted by atomic mass is 10.1. The summed E-state index contributed by atoms with van der Waals surface area (Å²) in [6.45, 7) is 2.10. The number of hydrogen-bond donors (Lipinski definition) is 2. The molecule has 5 nitrogen and oxygen atoms in total. The molecule has 1 unspecified atom stereocenters. The van der Waals surface area contributed by atoms with Gasteiger partial charge in [-0.3, -0.25) is 9.59 Å². The number of halogens is 1. The molecule has 21 heavy (non-hydrogen) atoms. The van der Waals surface area contributed by atoms with E-state index in [4.69, 9.17) is 21.4 Å². The van der Waals surface area contributed by atoms with E-state index < -0.39 is 5.97 Å². The molecule has 1 atom stereocenters. The number of carboxylic acid groups (broad SMARTS) is 1. The van der Waals surface area contributed by atoms with Crippen LogP contribution < -0.4 is 10.1 Å². The lowest BCUT2D eigenvalue weighted by molar-refractivity contribution is -0.137. The van der Waals surface area contributed by atoms with Crippen molar-refractivity contribution in [1.29, 1.82) is 0 Å². The zero-order chi connectivity index (χ0) is 15.7. The molecule has 0 aliphatic rings. The number of carbonyl (C=O) groups is 2. The van der Waals surface area contributed by atoms with Crippen LogP contribution in [0.4, 0.5) is 0 Å². The molecule has 0 bridgehead atoms. The van der Waals surface area contributed by atoms with Crippen molar-refractivity contribution in [2.75, 3.05) is 6.61 Å². The minimum absolute atomic E-state index is 0.0443. The highest BCUT2D eigenvalue weighted by atomic mass is 35.5. The van der Waals surface area contributed by atoms with Crippen LogP contribution in [-0.4, -0.2) is 29.6 Å². The van der Waals surface area contributed by atoms with E-state index in [0.717, 1.165) is 0 Å². The Balaban J connectivity index is 2.19. The van der Waals surface area contributed by atoms with Crippen LogP contribution in [0.15, 0.2) is 24.3 Å². The van der Waals surface area contributed by atoms with Gasteiger partial charge >= 0.3 is 5.97 Å². The third-order valence-corrected chi connectivity index (χ3v) is 3.17. The highest BCUT2D eigenvalue weighted by molar-refractivity contribution is 6.32. The number of amides is 1. The number of aliphatic carboxylic acids is 1. The smallest absolute Gasteiger partial charge is 0.303 e. The molecule has 1 aromatic carbocycles. The normalized spacial score (nSPS) is 11.7. The van der Waals surface area contributed by atoms with E-state index in [1.165, 1.54) is 0 Å². The van der Waals surface area contributed by atoms with Crippen molar-refractivity contribution < 1.29 is 19.4 Å². The fourth-order valence-electron chi connectivity index (χ4n) is 1.79. The summed E-state index contributed by atoms with van der Waals surface area (Å²) >= 11 is 5.93. The molecule has 116 valence electrons. The second-order valence-corrected chi connectivity index (χ2v) is 5.19. The maximum atomic E-state index is 11.7. The summed E-state index contributed by atoms with van der Waals surface area (Å²) in [5, 5.41) is 11.9. The largest absolute Gasteiger partial charge is 0.491 e. The van der Waals surface area contributed by atoms with Crippen LogP contribution in [0, 0.1) is 0 Å². The topological polar surface area (TPSA) is 75.6 Å². The van der Waals surface area contributed by atoms with E-state index >= 15 is 0 Å². The van der Waals surface area contributed by atoms with E-state index in [1.807, 2.05) is 13.0 Å². The Kier molecular flexibility index (Phi) is 7.61. The van der Waals surface area contributed by atoms with Gasteiger partial charge < -0.3 is 15.2 Å². The van der Waals surface area contributed by atoms with Gasteiger partial charge in [-0.25, -0.2) is 0 Å². The zero-order valence-corrected chi connectivity index (χ0v) is 12.7. The molecule has 0 heterocycles. The first-order valence-electron chi connectivity index (χ1n) is 6.87. The van der Waals surface area contributed by atoms with Crippen LogP contribution in [0.5, 0.6) is 5.75 Å². The summed E-state index contributed by atoms with van der Waals surface area (Å²) in [4.78, 5) is 22.1. The van der Waals surface area contributed by atoms with Gasteiger partial charge in [0.05, 0.1) is 18.1 Å². The second-order valence-electron chi connectivity index (χ2n) is 4.78. The number of rotatable bonds is 9. The van der Waals surface area contributed by atoms with Gasteiger partial charge in [-0.15, -0.1) is 0 Å². The molecule has 0 saturated heterocycles. The molecule has 0 aliphatic carbocycles.